The van der Waals surface area contributed by atoms with E-state index in [1.165, 1.54) is 6.33 Å². The summed E-state index contributed by atoms with van der Waals surface area (Å²) in [5.41, 5.74) is 3.14. The Morgan fingerprint density at radius 1 is 1.16 bits per heavy atom. The van der Waals surface area contributed by atoms with E-state index in [0.717, 1.165) is 56.2 Å². The number of methoxy groups -OCH3 is 1. The van der Waals surface area contributed by atoms with Crippen LogP contribution in [0.3, 0.4) is 0 Å². The Labute approximate surface area is 220 Å². The van der Waals surface area contributed by atoms with Gasteiger partial charge in [-0.2, -0.15) is 0 Å². The quantitative estimate of drug-likeness (QED) is 0.506. The number of likely N-dealkylation sites (tertiary alicyclic amines) is 1. The smallest absolute Gasteiger partial charge is 0.230 e. The van der Waals surface area contributed by atoms with Gasteiger partial charge in [-0.3, -0.25) is 4.79 Å². The Morgan fingerprint density at radius 3 is 2.76 bits per heavy atom. The Balaban J connectivity index is 1.12. The molecule has 5 heterocycles. The van der Waals surface area contributed by atoms with Crippen molar-refractivity contribution in [2.24, 2.45) is 10.4 Å². The Kier molecular flexibility index (Phi) is 6.49. The average molecular weight is 518 g/mol. The molecule has 0 radical (unpaired) electrons. The van der Waals surface area contributed by atoms with Crippen molar-refractivity contribution in [2.75, 3.05) is 40.0 Å². The largest absolute Gasteiger partial charge is 0.493 e. The van der Waals surface area contributed by atoms with Crippen molar-refractivity contribution in [1.29, 1.82) is 0 Å². The molecule has 3 aliphatic rings. The van der Waals surface area contributed by atoms with Crippen LogP contribution < -0.4 is 14.2 Å². The van der Waals surface area contributed by atoms with Crippen LogP contribution in [0.25, 0.3) is 10.9 Å². The molecule has 3 aromatic rings. The van der Waals surface area contributed by atoms with E-state index in [-0.39, 0.29) is 12.5 Å². The van der Waals surface area contributed by atoms with Crippen LogP contribution >= 0.6 is 0 Å². The highest BCUT2D eigenvalue weighted by Gasteiger charge is 2.41. The molecule has 6 rings (SSSR count). The molecule has 0 atom stereocenters. The van der Waals surface area contributed by atoms with E-state index in [1.807, 2.05) is 17.9 Å². The lowest BCUT2D eigenvalue weighted by molar-refractivity contribution is -0.153. The van der Waals surface area contributed by atoms with Crippen LogP contribution in [-0.2, 0) is 16.0 Å². The number of fused-ring (bicyclic) bond motifs is 2. The molecule has 38 heavy (non-hydrogen) atoms. The second-order valence-corrected chi connectivity index (χ2v) is 10.2. The van der Waals surface area contributed by atoms with Crippen molar-refractivity contribution < 1.29 is 23.7 Å². The highest BCUT2D eigenvalue weighted by Crippen LogP contribution is 2.39. The summed E-state index contributed by atoms with van der Waals surface area (Å²) in [4.78, 5) is 31.2. The van der Waals surface area contributed by atoms with Gasteiger partial charge in [0.05, 0.1) is 50.5 Å². The molecule has 1 spiro atoms. The monoisotopic (exact) mass is 517 g/mol. The molecule has 2 saturated heterocycles. The summed E-state index contributed by atoms with van der Waals surface area (Å²) in [6, 6.07) is 5.67. The van der Waals surface area contributed by atoms with Crippen LogP contribution in [0.15, 0.2) is 41.4 Å². The number of hydrogen-bond acceptors (Lipinski definition) is 8. The van der Waals surface area contributed by atoms with Gasteiger partial charge in [-0.1, -0.05) is 0 Å². The predicted octanol–water partition coefficient (Wildman–Crippen LogP) is 3.90. The van der Waals surface area contributed by atoms with Crippen LogP contribution in [0.2, 0.25) is 0 Å². The van der Waals surface area contributed by atoms with Crippen molar-refractivity contribution in [2.45, 2.75) is 32.6 Å². The normalized spacial score (nSPS) is 17.9. The Bertz CT molecular complexity index is 1410. The van der Waals surface area contributed by atoms with Crippen molar-refractivity contribution in [3.8, 4) is 17.4 Å². The van der Waals surface area contributed by atoms with Crippen LogP contribution in [0.5, 0.6) is 17.4 Å². The topological polar surface area (TPSA) is 111 Å². The number of aromatic nitrogens is 3. The Hall–Kier alpha value is -3.92. The van der Waals surface area contributed by atoms with Gasteiger partial charge in [-0.25, -0.2) is 15.0 Å². The summed E-state index contributed by atoms with van der Waals surface area (Å²) < 4.78 is 23.1. The number of aryl methyl sites for hydroxylation is 1. The number of benzene rings is 1. The second-order valence-electron chi connectivity index (χ2n) is 10.2. The van der Waals surface area contributed by atoms with E-state index in [1.54, 1.807) is 25.5 Å². The second kappa shape index (κ2) is 10.1. The zero-order valence-electron chi connectivity index (χ0n) is 21.7. The molecular weight excluding hydrogens is 486 g/mol. The first-order chi connectivity index (χ1) is 18.5. The highest BCUT2D eigenvalue weighted by atomic mass is 16.5. The number of allylic oxidation sites excluding steroid dienone is 2. The summed E-state index contributed by atoms with van der Waals surface area (Å²) >= 11 is 0. The van der Waals surface area contributed by atoms with E-state index >= 15 is 0 Å². The van der Waals surface area contributed by atoms with Gasteiger partial charge in [0.2, 0.25) is 11.8 Å². The first kappa shape index (κ1) is 24.4. The van der Waals surface area contributed by atoms with Gasteiger partial charge in [0.15, 0.2) is 11.5 Å². The van der Waals surface area contributed by atoms with Gasteiger partial charge in [-0.05, 0) is 44.4 Å². The Morgan fingerprint density at radius 2 is 2.00 bits per heavy atom. The number of carbonyl (C=O) groups excluding carboxylic acids is 1. The minimum absolute atomic E-state index is 0.109. The number of amides is 1. The number of hydrogen-bond donors (Lipinski definition) is 1. The summed E-state index contributed by atoms with van der Waals surface area (Å²) in [6.45, 7) is 5.49. The zero-order valence-corrected chi connectivity index (χ0v) is 21.7. The maximum Gasteiger partial charge on any atom is 0.230 e. The minimum atomic E-state index is 0.109. The lowest BCUT2D eigenvalue weighted by atomic mass is 9.77. The van der Waals surface area contributed by atoms with Crippen molar-refractivity contribution in [3.63, 3.8) is 0 Å². The molecule has 10 heteroatoms. The summed E-state index contributed by atoms with van der Waals surface area (Å²) in [6.07, 6.45) is 8.14. The summed E-state index contributed by atoms with van der Waals surface area (Å²) in [7, 11) is 1.58. The molecule has 2 aromatic heterocycles. The molecule has 3 aliphatic heterocycles. The molecule has 2 fully saturated rings. The summed E-state index contributed by atoms with van der Waals surface area (Å²) in [5, 5.41) is 0.683. The van der Waals surface area contributed by atoms with E-state index in [9.17, 15) is 4.79 Å². The fourth-order valence-electron chi connectivity index (χ4n) is 5.18. The third-order valence-electron chi connectivity index (χ3n) is 7.52. The lowest BCUT2D eigenvalue weighted by Gasteiger charge is -2.47. The molecule has 0 bridgehead atoms. The third kappa shape index (κ3) is 4.83. The number of aliphatic imine (C=N–C) groups is 1. The average Bonchev–Trinajstić information content (AvgIpc) is 3.17. The summed E-state index contributed by atoms with van der Waals surface area (Å²) in [5.74, 6) is 2.98. The molecular formula is C28H31N5O5. The van der Waals surface area contributed by atoms with Crippen molar-refractivity contribution in [3.05, 3.63) is 47.6 Å². The fourth-order valence-corrected chi connectivity index (χ4v) is 5.18. The van der Waals surface area contributed by atoms with Crippen LogP contribution in [-0.4, -0.2) is 72.0 Å². The number of aromatic amines is 1. The van der Waals surface area contributed by atoms with Crippen molar-refractivity contribution in [1.82, 2.24) is 19.9 Å². The first-order valence-electron chi connectivity index (χ1n) is 12.9. The molecule has 1 amide bonds. The van der Waals surface area contributed by atoms with Gasteiger partial charge in [0.1, 0.15) is 17.9 Å². The van der Waals surface area contributed by atoms with E-state index in [0.29, 0.717) is 52.3 Å². The number of piperidine rings is 1. The minimum Gasteiger partial charge on any atom is -0.493 e. The molecule has 0 saturated carbocycles. The standard InChI is InChI=1S/C28H31N5O5/c1-18-11-19-3-4-20(14-29-26(19)32-18)38-27-21-12-23(35-2)24(13-22(21)30-17-31-27)37-10-5-25(34)33-8-6-28(7-9-33)15-36-16-28/h4,11-14,17,32H,3,5-10,15-16H2,1-2H3. The molecule has 10 nitrogen and oxygen atoms in total. The molecule has 0 aliphatic carbocycles. The maximum absolute atomic E-state index is 12.7. The molecule has 1 N–H and O–H groups in total. The maximum atomic E-state index is 12.7. The van der Waals surface area contributed by atoms with Crippen LogP contribution in [0.1, 0.15) is 30.5 Å². The highest BCUT2D eigenvalue weighted by molar-refractivity contribution is 5.88. The SMILES string of the molecule is COc1cc2c(OC3=CCc4cc(C)[nH]c4N=C3)ncnc2cc1OCCC(=O)N1CCC2(CC1)COC2. The van der Waals surface area contributed by atoms with Crippen LogP contribution in [0, 0.1) is 12.3 Å². The van der Waals surface area contributed by atoms with Gasteiger partial charge in [-0.15, -0.1) is 0 Å². The van der Waals surface area contributed by atoms with E-state index in [2.05, 4.69) is 26.0 Å². The van der Waals surface area contributed by atoms with Crippen LogP contribution in [0.4, 0.5) is 5.82 Å². The van der Waals surface area contributed by atoms with Gasteiger partial charge in [0, 0.05) is 35.8 Å². The van der Waals surface area contributed by atoms with E-state index in [4.69, 9.17) is 18.9 Å². The number of ether oxygens (including phenoxy) is 4. The lowest BCUT2D eigenvalue weighted by Crippen LogP contribution is -2.52. The number of nitrogens with zero attached hydrogens (tertiary/aromatic N) is 4. The zero-order chi connectivity index (χ0) is 26.1. The number of H-pyrrole nitrogens is 1. The van der Waals surface area contributed by atoms with Crippen molar-refractivity contribution >= 4 is 28.8 Å². The first-order valence-corrected chi connectivity index (χ1v) is 12.9. The number of nitrogens with one attached hydrogen (secondary N) is 1. The van der Waals surface area contributed by atoms with Gasteiger partial charge >= 0.3 is 0 Å². The number of rotatable bonds is 7. The predicted molar refractivity (Wildman–Crippen MR) is 141 cm³/mol. The fraction of sp³-hybridized carbons (Fsp3) is 0.429. The molecule has 0 unspecified atom stereocenters. The third-order valence-corrected chi connectivity index (χ3v) is 7.52. The van der Waals surface area contributed by atoms with Gasteiger partial charge < -0.3 is 28.8 Å². The van der Waals surface area contributed by atoms with Gasteiger partial charge in [0.25, 0.3) is 0 Å². The molecule has 1 aromatic carbocycles. The number of carbonyl (C=O) groups is 1. The van der Waals surface area contributed by atoms with E-state index < -0.39 is 0 Å². The molecule has 198 valence electrons.